The van der Waals surface area contributed by atoms with E-state index in [1.807, 2.05) is 49.4 Å². The largest absolute Gasteiger partial charge is 0.478 e. The summed E-state index contributed by atoms with van der Waals surface area (Å²) in [7, 11) is 0. The van der Waals surface area contributed by atoms with Crippen LogP contribution >= 0.6 is 22.9 Å². The lowest BCUT2D eigenvalue weighted by atomic mass is 10.0. The highest BCUT2D eigenvalue weighted by molar-refractivity contribution is 7.15. The summed E-state index contributed by atoms with van der Waals surface area (Å²) in [5.74, 6) is -0.951. The molecule has 0 radical (unpaired) electrons. The lowest BCUT2D eigenvalue weighted by Crippen LogP contribution is -2.01. The number of halogens is 1. The van der Waals surface area contributed by atoms with E-state index in [-0.39, 0.29) is 5.56 Å². The molecule has 0 aliphatic heterocycles. The maximum absolute atomic E-state index is 11.8. The molecule has 0 aliphatic carbocycles. The summed E-state index contributed by atoms with van der Waals surface area (Å²) < 4.78 is 0.528. The van der Waals surface area contributed by atoms with Crippen LogP contribution in [0, 0.1) is 0 Å². The van der Waals surface area contributed by atoms with E-state index in [9.17, 15) is 9.90 Å². The summed E-state index contributed by atoms with van der Waals surface area (Å²) in [5, 5.41) is 13.7. The van der Waals surface area contributed by atoms with Crippen LogP contribution in [-0.2, 0) is 13.0 Å². The summed E-state index contributed by atoms with van der Waals surface area (Å²) in [6.45, 7) is 2.68. The number of thiazole rings is 1. The van der Waals surface area contributed by atoms with Gasteiger partial charge in [-0.15, -0.1) is 11.3 Å². The average molecular weight is 424 g/mol. The first-order chi connectivity index (χ1) is 14.0. The molecule has 0 atom stereocenters. The number of hydrogen-bond donors (Lipinski definition) is 2. The second-order valence-electron chi connectivity index (χ2n) is 6.58. The Morgan fingerprint density at radius 3 is 2.62 bits per heavy atom. The summed E-state index contributed by atoms with van der Waals surface area (Å²) in [6, 6.07) is 15.2. The van der Waals surface area contributed by atoms with Gasteiger partial charge in [0.15, 0.2) is 4.47 Å². The van der Waals surface area contributed by atoms with Crippen molar-refractivity contribution in [2.45, 2.75) is 19.9 Å². The van der Waals surface area contributed by atoms with Crippen LogP contribution in [0.1, 0.15) is 27.7 Å². The normalized spacial score (nSPS) is 11.0. The maximum Gasteiger partial charge on any atom is 0.336 e. The molecular weight excluding hydrogens is 406 g/mol. The van der Waals surface area contributed by atoms with Gasteiger partial charge in [-0.1, -0.05) is 36.7 Å². The predicted octanol–water partition coefficient (Wildman–Crippen LogP) is 5.88. The Morgan fingerprint density at radius 2 is 1.97 bits per heavy atom. The number of carboxylic acids is 1. The van der Waals surface area contributed by atoms with E-state index in [1.165, 1.54) is 11.3 Å². The Balaban J connectivity index is 1.62. The third-order valence-corrected chi connectivity index (χ3v) is 5.80. The van der Waals surface area contributed by atoms with Gasteiger partial charge in [0.05, 0.1) is 23.3 Å². The smallest absolute Gasteiger partial charge is 0.336 e. The number of fused-ring (bicyclic) bond motifs is 1. The van der Waals surface area contributed by atoms with Gasteiger partial charge in [0.1, 0.15) is 0 Å². The van der Waals surface area contributed by atoms with E-state index in [1.54, 1.807) is 12.3 Å². The first kappa shape index (κ1) is 19.4. The number of rotatable bonds is 6. The molecule has 2 heterocycles. The number of nitrogens with zero attached hydrogens (tertiary/aromatic N) is 2. The van der Waals surface area contributed by atoms with E-state index in [0.717, 1.165) is 28.1 Å². The number of aromatic carboxylic acids is 1. The van der Waals surface area contributed by atoms with Crippen molar-refractivity contribution in [3.8, 4) is 11.3 Å². The highest BCUT2D eigenvalue weighted by atomic mass is 35.5. The molecule has 0 amide bonds. The molecule has 146 valence electrons. The van der Waals surface area contributed by atoms with Crippen molar-refractivity contribution in [3.05, 3.63) is 75.2 Å². The lowest BCUT2D eigenvalue weighted by molar-refractivity contribution is 0.0699. The van der Waals surface area contributed by atoms with Crippen LogP contribution in [0.25, 0.3) is 22.2 Å². The molecule has 5 nitrogen and oxygen atoms in total. The molecule has 0 saturated heterocycles. The van der Waals surface area contributed by atoms with Gasteiger partial charge >= 0.3 is 5.97 Å². The number of carbonyl (C=O) groups is 1. The van der Waals surface area contributed by atoms with Crippen molar-refractivity contribution < 1.29 is 9.90 Å². The van der Waals surface area contributed by atoms with Gasteiger partial charge in [-0.25, -0.2) is 14.8 Å². The number of hydrogen-bond acceptors (Lipinski definition) is 5. The van der Waals surface area contributed by atoms with Crippen molar-refractivity contribution in [2.75, 3.05) is 5.32 Å². The number of carboxylic acid groups (broad SMARTS) is 1. The van der Waals surface area contributed by atoms with Crippen LogP contribution in [0.15, 0.2) is 54.7 Å². The molecule has 0 bridgehead atoms. The highest BCUT2D eigenvalue weighted by Gasteiger charge is 2.13. The molecule has 7 heteroatoms. The van der Waals surface area contributed by atoms with Crippen LogP contribution in [0.4, 0.5) is 5.69 Å². The van der Waals surface area contributed by atoms with Gasteiger partial charge in [-0.2, -0.15) is 0 Å². The molecule has 0 fully saturated rings. The van der Waals surface area contributed by atoms with E-state index < -0.39 is 5.97 Å². The lowest BCUT2D eigenvalue weighted by Gasteiger charge is -2.10. The fraction of sp³-hybridized carbons (Fsp3) is 0.136. The number of benzene rings is 2. The van der Waals surface area contributed by atoms with Gasteiger partial charge in [0.25, 0.3) is 0 Å². The molecule has 2 aromatic heterocycles. The molecule has 4 aromatic rings. The van der Waals surface area contributed by atoms with E-state index >= 15 is 0 Å². The van der Waals surface area contributed by atoms with E-state index in [2.05, 4.69) is 15.3 Å². The Bertz CT molecular complexity index is 1190. The Morgan fingerprint density at radius 1 is 1.17 bits per heavy atom. The third-order valence-electron chi connectivity index (χ3n) is 4.68. The second-order valence-corrected chi connectivity index (χ2v) is 8.27. The zero-order valence-corrected chi connectivity index (χ0v) is 17.2. The Labute approximate surface area is 177 Å². The van der Waals surface area contributed by atoms with Crippen molar-refractivity contribution in [3.63, 3.8) is 0 Å². The number of aryl methyl sites for hydroxylation is 1. The average Bonchev–Trinajstić information content (AvgIpc) is 3.16. The van der Waals surface area contributed by atoms with Gasteiger partial charge in [-0.05, 0) is 42.3 Å². The summed E-state index contributed by atoms with van der Waals surface area (Å²) in [4.78, 5) is 21.6. The number of pyridine rings is 1. The van der Waals surface area contributed by atoms with Gasteiger partial charge < -0.3 is 10.4 Å². The molecular formula is C22H18ClN3O2S. The molecule has 2 aromatic carbocycles. The minimum Gasteiger partial charge on any atom is -0.478 e. The maximum atomic E-state index is 11.8. The van der Waals surface area contributed by atoms with Crippen molar-refractivity contribution in [1.82, 2.24) is 9.97 Å². The van der Waals surface area contributed by atoms with Gasteiger partial charge in [0, 0.05) is 27.7 Å². The van der Waals surface area contributed by atoms with Crippen molar-refractivity contribution in [2.24, 2.45) is 0 Å². The SMILES string of the molecule is CCc1ccc2nc(-c3ccc(NCc4cnc(Cl)s4)cc3)cc(C(=O)O)c2c1. The van der Waals surface area contributed by atoms with Crippen LogP contribution in [0.5, 0.6) is 0 Å². The number of nitrogens with one attached hydrogen (secondary N) is 1. The molecule has 0 aliphatic rings. The highest BCUT2D eigenvalue weighted by Crippen LogP contribution is 2.27. The summed E-state index contributed by atoms with van der Waals surface area (Å²) in [6.07, 6.45) is 2.60. The van der Waals surface area contributed by atoms with Crippen molar-refractivity contribution in [1.29, 1.82) is 0 Å². The Hall–Kier alpha value is -2.96. The minimum atomic E-state index is -0.951. The standard InChI is InChI=1S/C22H18ClN3O2S/c1-2-13-3-8-19-17(9-13)18(21(27)28)10-20(26-19)14-4-6-15(7-5-14)24-11-16-12-25-22(23)29-16/h3-10,12,24H,2,11H2,1H3,(H,27,28). The summed E-state index contributed by atoms with van der Waals surface area (Å²) in [5.41, 5.74) is 4.49. The molecule has 0 saturated carbocycles. The third kappa shape index (κ3) is 4.23. The monoisotopic (exact) mass is 423 g/mol. The van der Waals surface area contributed by atoms with Gasteiger partial charge in [0.2, 0.25) is 0 Å². The zero-order valence-electron chi connectivity index (χ0n) is 15.6. The number of anilines is 1. The fourth-order valence-electron chi connectivity index (χ4n) is 3.13. The van der Waals surface area contributed by atoms with E-state index in [4.69, 9.17) is 11.6 Å². The summed E-state index contributed by atoms with van der Waals surface area (Å²) >= 11 is 7.30. The molecule has 0 spiro atoms. The Kier molecular flexibility index (Phi) is 5.47. The predicted molar refractivity (Wildman–Crippen MR) is 118 cm³/mol. The van der Waals surface area contributed by atoms with Crippen LogP contribution in [-0.4, -0.2) is 21.0 Å². The van der Waals surface area contributed by atoms with Crippen LogP contribution in [0.2, 0.25) is 4.47 Å². The van der Waals surface area contributed by atoms with E-state index in [0.29, 0.717) is 27.6 Å². The fourth-order valence-corrected chi connectivity index (χ4v) is 4.05. The first-order valence-electron chi connectivity index (χ1n) is 9.15. The first-order valence-corrected chi connectivity index (χ1v) is 10.3. The van der Waals surface area contributed by atoms with Crippen LogP contribution in [0.3, 0.4) is 0 Å². The zero-order chi connectivity index (χ0) is 20.4. The topological polar surface area (TPSA) is 75.1 Å². The molecule has 0 unspecified atom stereocenters. The quantitative estimate of drug-likeness (QED) is 0.404. The van der Waals surface area contributed by atoms with Crippen molar-refractivity contribution >= 4 is 45.5 Å². The minimum absolute atomic E-state index is 0.268. The van der Waals surface area contributed by atoms with Gasteiger partial charge in [-0.3, -0.25) is 0 Å². The van der Waals surface area contributed by atoms with Crippen LogP contribution < -0.4 is 5.32 Å². The molecule has 4 rings (SSSR count). The number of aromatic nitrogens is 2. The molecule has 29 heavy (non-hydrogen) atoms. The molecule has 2 N–H and O–H groups in total. The second kappa shape index (κ2) is 8.19.